The lowest BCUT2D eigenvalue weighted by atomic mass is 9.93. The third-order valence-corrected chi connectivity index (χ3v) is 7.50. The molecule has 0 spiro atoms. The zero-order chi connectivity index (χ0) is 19.7. The van der Waals surface area contributed by atoms with E-state index in [0.29, 0.717) is 18.2 Å². The molecule has 0 radical (unpaired) electrons. The molecule has 0 aromatic carbocycles. The number of carbonyl (C=O) groups is 1. The van der Waals surface area contributed by atoms with Crippen LogP contribution in [0.1, 0.15) is 63.0 Å². The minimum atomic E-state index is -3.42. The first kappa shape index (κ1) is 19.6. The maximum absolute atomic E-state index is 12.9. The fraction of sp³-hybridized carbons (Fsp3) is 0.750. The van der Waals surface area contributed by atoms with Crippen LogP contribution in [0.3, 0.4) is 0 Å². The number of aromatic nitrogens is 2. The molecule has 154 valence electrons. The highest BCUT2D eigenvalue weighted by atomic mass is 32.2. The maximum Gasteiger partial charge on any atom is 0.225 e. The lowest BCUT2D eigenvalue weighted by Crippen LogP contribution is -2.42. The summed E-state index contributed by atoms with van der Waals surface area (Å²) < 4.78 is 24.8. The van der Waals surface area contributed by atoms with Crippen molar-refractivity contribution in [2.75, 3.05) is 37.3 Å². The van der Waals surface area contributed by atoms with Crippen LogP contribution in [-0.2, 0) is 14.6 Å². The number of nitrogens with zero attached hydrogens (tertiary/aromatic N) is 4. The molecule has 1 aliphatic carbocycles. The van der Waals surface area contributed by atoms with Gasteiger partial charge >= 0.3 is 0 Å². The fourth-order valence-corrected chi connectivity index (χ4v) is 5.69. The Morgan fingerprint density at radius 2 is 1.75 bits per heavy atom. The Labute approximate surface area is 167 Å². The number of rotatable bonds is 4. The Bertz CT molecular complexity index is 830. The SMILES string of the molecule is CS(=O)(=O)c1cnc(N2CCCC2)nc1[C@@H]1CCCN(C(=O)C2CCCC2)C1. The van der Waals surface area contributed by atoms with Gasteiger partial charge in [-0.2, -0.15) is 0 Å². The van der Waals surface area contributed by atoms with Crippen LogP contribution in [-0.4, -0.2) is 61.6 Å². The van der Waals surface area contributed by atoms with Crippen molar-refractivity contribution in [3.8, 4) is 0 Å². The highest BCUT2D eigenvalue weighted by Gasteiger charge is 2.34. The molecule has 3 fully saturated rings. The quantitative estimate of drug-likeness (QED) is 0.763. The molecule has 0 bridgehead atoms. The van der Waals surface area contributed by atoms with Crippen molar-refractivity contribution in [1.29, 1.82) is 0 Å². The summed E-state index contributed by atoms with van der Waals surface area (Å²) in [7, 11) is -3.42. The molecular weight excluding hydrogens is 376 g/mol. The lowest BCUT2D eigenvalue weighted by Gasteiger charge is -2.34. The average Bonchev–Trinajstić information content (AvgIpc) is 3.40. The Morgan fingerprint density at radius 3 is 2.43 bits per heavy atom. The second kappa shape index (κ2) is 7.97. The van der Waals surface area contributed by atoms with Gasteiger partial charge < -0.3 is 9.80 Å². The second-order valence-electron chi connectivity index (χ2n) is 8.49. The summed E-state index contributed by atoms with van der Waals surface area (Å²) in [5.74, 6) is 0.975. The first-order valence-corrected chi connectivity index (χ1v) is 12.4. The zero-order valence-electron chi connectivity index (χ0n) is 16.6. The van der Waals surface area contributed by atoms with Crippen LogP contribution in [0.5, 0.6) is 0 Å². The number of amides is 1. The van der Waals surface area contributed by atoms with Gasteiger partial charge in [-0.1, -0.05) is 12.8 Å². The van der Waals surface area contributed by atoms with E-state index < -0.39 is 9.84 Å². The zero-order valence-corrected chi connectivity index (χ0v) is 17.5. The number of piperidine rings is 1. The van der Waals surface area contributed by atoms with Gasteiger partial charge in [-0.15, -0.1) is 0 Å². The fourth-order valence-electron chi connectivity index (χ4n) is 4.85. The van der Waals surface area contributed by atoms with E-state index in [9.17, 15) is 13.2 Å². The molecular formula is C20H30N4O3S. The van der Waals surface area contributed by atoms with Gasteiger partial charge in [0.05, 0.1) is 11.9 Å². The van der Waals surface area contributed by atoms with Crippen molar-refractivity contribution in [2.24, 2.45) is 5.92 Å². The number of likely N-dealkylation sites (tertiary alicyclic amines) is 1. The molecule has 1 amide bonds. The van der Waals surface area contributed by atoms with Crippen LogP contribution in [0, 0.1) is 5.92 Å². The van der Waals surface area contributed by atoms with Gasteiger partial charge in [0.1, 0.15) is 4.90 Å². The van der Waals surface area contributed by atoms with E-state index in [-0.39, 0.29) is 22.6 Å². The van der Waals surface area contributed by atoms with E-state index in [1.54, 1.807) is 0 Å². The predicted octanol–water partition coefficient (Wildman–Crippen LogP) is 2.38. The second-order valence-corrected chi connectivity index (χ2v) is 10.5. The monoisotopic (exact) mass is 406 g/mol. The Balaban J connectivity index is 1.61. The normalized spacial score (nSPS) is 24.1. The predicted molar refractivity (Wildman–Crippen MR) is 107 cm³/mol. The molecule has 0 unspecified atom stereocenters. The van der Waals surface area contributed by atoms with Crippen LogP contribution in [0.25, 0.3) is 0 Å². The van der Waals surface area contributed by atoms with Gasteiger partial charge in [0.25, 0.3) is 0 Å². The van der Waals surface area contributed by atoms with Crippen LogP contribution >= 0.6 is 0 Å². The minimum absolute atomic E-state index is 0.0480. The summed E-state index contributed by atoms with van der Waals surface area (Å²) in [6.45, 7) is 3.15. The molecule has 28 heavy (non-hydrogen) atoms. The largest absolute Gasteiger partial charge is 0.342 e. The molecule has 1 atom stereocenters. The topological polar surface area (TPSA) is 83.5 Å². The van der Waals surface area contributed by atoms with E-state index in [4.69, 9.17) is 4.98 Å². The molecule has 0 N–H and O–H groups in total. The molecule has 2 saturated heterocycles. The standard InChI is InChI=1S/C20H30N4O3S/c1-28(26,27)17-13-21-20(23-10-4-5-11-23)22-18(17)16-9-6-12-24(14-16)19(25)15-7-2-3-8-15/h13,15-16H,2-12,14H2,1H3/t16-/m1/s1. The van der Waals surface area contributed by atoms with Crippen molar-refractivity contribution < 1.29 is 13.2 Å². The summed E-state index contributed by atoms with van der Waals surface area (Å²) in [5, 5.41) is 0. The smallest absolute Gasteiger partial charge is 0.225 e. The van der Waals surface area contributed by atoms with Crippen LogP contribution in [0.15, 0.2) is 11.1 Å². The summed E-state index contributed by atoms with van der Waals surface area (Å²) in [4.78, 5) is 26.3. The van der Waals surface area contributed by atoms with E-state index >= 15 is 0 Å². The molecule has 8 heteroatoms. The number of hydrogen-bond donors (Lipinski definition) is 0. The van der Waals surface area contributed by atoms with Crippen LogP contribution < -0.4 is 4.90 Å². The average molecular weight is 407 g/mol. The molecule has 4 rings (SSSR count). The van der Waals surface area contributed by atoms with Gasteiger partial charge in [-0.3, -0.25) is 4.79 Å². The van der Waals surface area contributed by atoms with Crippen LogP contribution in [0.4, 0.5) is 5.95 Å². The lowest BCUT2D eigenvalue weighted by molar-refractivity contribution is -0.136. The van der Waals surface area contributed by atoms with E-state index in [2.05, 4.69) is 9.88 Å². The van der Waals surface area contributed by atoms with E-state index in [1.807, 2.05) is 4.90 Å². The Morgan fingerprint density at radius 1 is 1.04 bits per heavy atom. The van der Waals surface area contributed by atoms with Crippen molar-refractivity contribution >= 4 is 21.7 Å². The highest BCUT2D eigenvalue weighted by Crippen LogP contribution is 2.34. The molecule has 1 aromatic rings. The van der Waals surface area contributed by atoms with E-state index in [1.165, 1.54) is 12.5 Å². The summed E-state index contributed by atoms with van der Waals surface area (Å²) in [6.07, 6.45) is 10.9. The van der Waals surface area contributed by atoms with Gasteiger partial charge in [0.15, 0.2) is 9.84 Å². The number of hydrogen-bond acceptors (Lipinski definition) is 6. The number of sulfone groups is 1. The van der Waals surface area contributed by atoms with Crippen molar-refractivity contribution in [3.05, 3.63) is 11.9 Å². The molecule has 7 nitrogen and oxygen atoms in total. The maximum atomic E-state index is 12.9. The van der Waals surface area contributed by atoms with Gasteiger partial charge in [-0.05, 0) is 38.5 Å². The van der Waals surface area contributed by atoms with Crippen molar-refractivity contribution in [1.82, 2.24) is 14.9 Å². The molecule has 2 aliphatic heterocycles. The number of carbonyl (C=O) groups excluding carboxylic acids is 1. The third-order valence-electron chi connectivity index (χ3n) is 6.38. The van der Waals surface area contributed by atoms with Gasteiger partial charge in [0.2, 0.25) is 11.9 Å². The molecule has 1 saturated carbocycles. The molecule has 1 aromatic heterocycles. The molecule has 3 aliphatic rings. The summed E-state index contributed by atoms with van der Waals surface area (Å²) in [6, 6.07) is 0. The van der Waals surface area contributed by atoms with Crippen LogP contribution in [0.2, 0.25) is 0 Å². The van der Waals surface area contributed by atoms with Gasteiger partial charge in [0, 0.05) is 44.3 Å². The first-order chi connectivity index (χ1) is 13.4. The van der Waals surface area contributed by atoms with Gasteiger partial charge in [-0.25, -0.2) is 18.4 Å². The third kappa shape index (κ3) is 4.02. The summed E-state index contributed by atoms with van der Waals surface area (Å²) in [5.41, 5.74) is 0.600. The molecule has 3 heterocycles. The Hall–Kier alpha value is -1.70. The Kier molecular flexibility index (Phi) is 5.58. The van der Waals surface area contributed by atoms with Crippen molar-refractivity contribution in [3.63, 3.8) is 0 Å². The van der Waals surface area contributed by atoms with Crippen molar-refractivity contribution in [2.45, 2.75) is 62.2 Å². The minimum Gasteiger partial charge on any atom is -0.342 e. The van der Waals surface area contributed by atoms with E-state index in [0.717, 1.165) is 71.0 Å². The highest BCUT2D eigenvalue weighted by molar-refractivity contribution is 7.90. The summed E-state index contributed by atoms with van der Waals surface area (Å²) >= 11 is 0. The number of anilines is 1. The first-order valence-electron chi connectivity index (χ1n) is 10.5.